The van der Waals surface area contributed by atoms with Crippen LogP contribution in [0.3, 0.4) is 0 Å². The van der Waals surface area contributed by atoms with Crippen LogP contribution in [-0.4, -0.2) is 83.5 Å². The van der Waals surface area contributed by atoms with E-state index >= 15 is 0 Å². The molecule has 1 amide bonds. The number of carbonyl (C=O) groups is 1. The van der Waals surface area contributed by atoms with Gasteiger partial charge in [-0.2, -0.15) is 10.2 Å². The topological polar surface area (TPSA) is 79.6 Å². The Kier molecular flexibility index (Phi) is 9.39. The van der Waals surface area contributed by atoms with Crippen molar-refractivity contribution in [3.63, 3.8) is 0 Å². The summed E-state index contributed by atoms with van der Waals surface area (Å²) in [5.41, 5.74) is 1.74. The third-order valence-electron chi connectivity index (χ3n) is 5.87. The first-order valence-corrected chi connectivity index (χ1v) is 12.6. The summed E-state index contributed by atoms with van der Waals surface area (Å²) in [5, 5.41) is 13.1. The molecule has 34 heavy (non-hydrogen) atoms. The number of likely N-dealkylation sites (N-methyl/N-ethyl adjacent to an activating group) is 1. The molecule has 1 aromatic carbocycles. The summed E-state index contributed by atoms with van der Waals surface area (Å²) in [5.74, 6) is 0.786. The van der Waals surface area contributed by atoms with Crippen LogP contribution in [0, 0.1) is 24.2 Å². The predicted molar refractivity (Wildman–Crippen MR) is 137 cm³/mol. The van der Waals surface area contributed by atoms with Crippen molar-refractivity contribution < 1.29 is 4.79 Å². The molecule has 0 bridgehead atoms. The van der Waals surface area contributed by atoms with Gasteiger partial charge in [-0.3, -0.25) is 9.80 Å². The fourth-order valence-electron chi connectivity index (χ4n) is 3.93. The molecule has 182 valence electrons. The number of hydrogen-bond acceptors (Lipinski definition) is 7. The second kappa shape index (κ2) is 12.2. The van der Waals surface area contributed by atoms with E-state index < -0.39 is 0 Å². The number of anilines is 1. The molecule has 0 radical (unpaired) electrons. The van der Waals surface area contributed by atoms with Gasteiger partial charge in [-0.05, 0) is 54.4 Å². The summed E-state index contributed by atoms with van der Waals surface area (Å²) in [6.07, 6.45) is 2.41. The quantitative estimate of drug-likeness (QED) is 0.461. The Labute approximate surface area is 211 Å². The summed E-state index contributed by atoms with van der Waals surface area (Å²) in [6.45, 7) is 12.5. The van der Waals surface area contributed by atoms with Gasteiger partial charge in [0, 0.05) is 57.6 Å². The second-order valence-corrected chi connectivity index (χ2v) is 10.1. The lowest BCUT2D eigenvalue weighted by atomic mass is 10.1. The number of aryl methyl sites for hydroxylation is 1. The maximum absolute atomic E-state index is 13.8. The molecule has 2 aromatic rings. The lowest BCUT2D eigenvalue weighted by molar-refractivity contribution is 0.0711. The van der Waals surface area contributed by atoms with Crippen LogP contribution in [0.5, 0.6) is 0 Å². The van der Waals surface area contributed by atoms with Crippen molar-refractivity contribution in [1.29, 1.82) is 5.26 Å². The smallest absolute Gasteiger partial charge is 0.272 e. The minimum absolute atomic E-state index is 0.0760. The van der Waals surface area contributed by atoms with Gasteiger partial charge in [-0.1, -0.05) is 31.5 Å². The SMILES string of the molecule is Cc1ccc(C(=O)N(CCCN2CCN(C)CC2)N(CC(C)C)c2nc(C#N)ncc2Br)cc1. The molecule has 0 saturated carbocycles. The zero-order chi connectivity index (χ0) is 24.7. The fraction of sp³-hybridized carbons (Fsp3) is 0.520. The number of nitrogens with zero attached hydrogens (tertiary/aromatic N) is 7. The molecule has 8 nitrogen and oxygen atoms in total. The number of amides is 1. The summed E-state index contributed by atoms with van der Waals surface area (Å²) >= 11 is 3.54. The standard InChI is InChI=1S/C25H34BrN7O/c1-19(2)18-33(24-22(26)17-28-23(16-27)29-24)32(25(34)21-8-6-20(3)7-9-21)11-5-10-31-14-12-30(4)13-15-31/h6-9,17,19H,5,10-15,18H2,1-4H3. The maximum Gasteiger partial charge on any atom is 0.272 e. The van der Waals surface area contributed by atoms with E-state index in [0.717, 1.165) is 44.7 Å². The van der Waals surface area contributed by atoms with Crippen molar-refractivity contribution in [3.8, 4) is 6.07 Å². The van der Waals surface area contributed by atoms with Crippen molar-refractivity contribution in [1.82, 2.24) is 24.8 Å². The number of nitriles is 1. The molecule has 1 aromatic heterocycles. The Morgan fingerprint density at radius 2 is 1.88 bits per heavy atom. The predicted octanol–water partition coefficient (Wildman–Crippen LogP) is 3.58. The second-order valence-electron chi connectivity index (χ2n) is 9.25. The minimum atomic E-state index is -0.0805. The average Bonchev–Trinajstić information content (AvgIpc) is 2.82. The summed E-state index contributed by atoms with van der Waals surface area (Å²) in [7, 11) is 2.15. The van der Waals surface area contributed by atoms with Gasteiger partial charge < -0.3 is 9.80 Å². The summed E-state index contributed by atoms with van der Waals surface area (Å²) < 4.78 is 0.646. The highest BCUT2D eigenvalue weighted by Gasteiger charge is 2.27. The van der Waals surface area contributed by atoms with Crippen molar-refractivity contribution in [3.05, 3.63) is 51.9 Å². The van der Waals surface area contributed by atoms with Gasteiger partial charge in [0.15, 0.2) is 5.82 Å². The van der Waals surface area contributed by atoms with Crippen molar-refractivity contribution >= 4 is 27.7 Å². The third-order valence-corrected chi connectivity index (χ3v) is 6.43. The molecule has 0 spiro atoms. The number of carbonyl (C=O) groups excluding carboxylic acids is 1. The van der Waals surface area contributed by atoms with Crippen LogP contribution < -0.4 is 5.01 Å². The van der Waals surface area contributed by atoms with E-state index in [1.165, 1.54) is 0 Å². The molecule has 1 aliphatic rings. The van der Waals surface area contributed by atoms with Crippen LogP contribution >= 0.6 is 15.9 Å². The lowest BCUT2D eigenvalue weighted by Crippen LogP contribution is -2.50. The Morgan fingerprint density at radius 3 is 2.50 bits per heavy atom. The first kappa shape index (κ1) is 26.1. The molecule has 1 fully saturated rings. The summed E-state index contributed by atoms with van der Waals surface area (Å²) in [4.78, 5) is 27.1. The number of aromatic nitrogens is 2. The zero-order valence-corrected chi connectivity index (χ0v) is 22.1. The van der Waals surface area contributed by atoms with Crippen LogP contribution in [0.1, 0.15) is 42.0 Å². The maximum atomic E-state index is 13.8. The molecule has 1 saturated heterocycles. The van der Waals surface area contributed by atoms with Crippen LogP contribution in [0.15, 0.2) is 34.9 Å². The number of rotatable bonds is 9. The Hall–Kier alpha value is -2.54. The van der Waals surface area contributed by atoms with E-state index in [4.69, 9.17) is 0 Å². The highest BCUT2D eigenvalue weighted by atomic mass is 79.9. The van der Waals surface area contributed by atoms with E-state index in [9.17, 15) is 10.1 Å². The Bertz CT molecular complexity index is 997. The monoisotopic (exact) mass is 527 g/mol. The summed E-state index contributed by atoms with van der Waals surface area (Å²) in [6, 6.07) is 9.66. The van der Waals surface area contributed by atoms with Gasteiger partial charge in [0.1, 0.15) is 6.07 Å². The van der Waals surface area contributed by atoms with E-state index in [0.29, 0.717) is 28.9 Å². The molecular weight excluding hydrogens is 494 g/mol. The molecule has 3 rings (SSSR count). The normalized spacial score (nSPS) is 14.7. The molecule has 0 unspecified atom stereocenters. The van der Waals surface area contributed by atoms with Crippen molar-refractivity contribution in [2.45, 2.75) is 27.2 Å². The van der Waals surface area contributed by atoms with Crippen LogP contribution in [0.25, 0.3) is 0 Å². The van der Waals surface area contributed by atoms with Crippen LogP contribution in [-0.2, 0) is 0 Å². The van der Waals surface area contributed by atoms with Gasteiger partial charge in [0.05, 0.1) is 4.47 Å². The van der Waals surface area contributed by atoms with E-state index in [1.54, 1.807) is 11.2 Å². The first-order chi connectivity index (χ1) is 16.3. The number of benzene rings is 1. The zero-order valence-electron chi connectivity index (χ0n) is 20.5. The number of halogens is 1. The highest BCUT2D eigenvalue weighted by molar-refractivity contribution is 9.10. The highest BCUT2D eigenvalue weighted by Crippen LogP contribution is 2.27. The number of hydrogen-bond donors (Lipinski definition) is 0. The molecule has 0 aliphatic carbocycles. The van der Waals surface area contributed by atoms with Gasteiger partial charge in [-0.25, -0.2) is 9.99 Å². The van der Waals surface area contributed by atoms with Crippen molar-refractivity contribution in [2.24, 2.45) is 5.92 Å². The lowest BCUT2D eigenvalue weighted by Gasteiger charge is -2.38. The minimum Gasteiger partial charge on any atom is -0.304 e. The molecule has 0 atom stereocenters. The number of piperazine rings is 1. The van der Waals surface area contributed by atoms with E-state index in [2.05, 4.69) is 56.6 Å². The van der Waals surface area contributed by atoms with E-state index in [1.807, 2.05) is 42.3 Å². The number of hydrazine groups is 1. The third kappa shape index (κ3) is 6.98. The molecule has 9 heteroatoms. The van der Waals surface area contributed by atoms with Gasteiger partial charge >= 0.3 is 0 Å². The molecular formula is C25H34BrN7O. The van der Waals surface area contributed by atoms with Crippen LogP contribution in [0.4, 0.5) is 5.82 Å². The van der Waals surface area contributed by atoms with E-state index in [-0.39, 0.29) is 17.6 Å². The van der Waals surface area contributed by atoms with Crippen LogP contribution in [0.2, 0.25) is 0 Å². The largest absolute Gasteiger partial charge is 0.304 e. The molecule has 1 aliphatic heterocycles. The molecule has 2 heterocycles. The van der Waals surface area contributed by atoms with Gasteiger partial charge in [0.2, 0.25) is 5.82 Å². The Morgan fingerprint density at radius 1 is 1.21 bits per heavy atom. The first-order valence-electron chi connectivity index (χ1n) is 11.8. The van der Waals surface area contributed by atoms with Gasteiger partial charge in [-0.15, -0.1) is 0 Å². The molecule has 0 N–H and O–H groups in total. The van der Waals surface area contributed by atoms with Gasteiger partial charge in [0.25, 0.3) is 5.91 Å². The van der Waals surface area contributed by atoms with Crippen molar-refractivity contribution in [2.75, 3.05) is 57.9 Å². The fourth-order valence-corrected chi connectivity index (χ4v) is 4.33. The Balaban J connectivity index is 1.90. The average molecular weight is 528 g/mol.